The maximum absolute atomic E-state index is 12.4. The molecule has 1 aromatic heterocycles. The van der Waals surface area contributed by atoms with E-state index in [0.29, 0.717) is 18.3 Å². The molecule has 1 aliphatic heterocycles. The number of benzene rings is 1. The first kappa shape index (κ1) is 20.2. The van der Waals surface area contributed by atoms with Crippen molar-refractivity contribution < 1.29 is 14.3 Å². The van der Waals surface area contributed by atoms with Gasteiger partial charge in [0.2, 0.25) is 0 Å². The van der Waals surface area contributed by atoms with Crippen molar-refractivity contribution in [1.82, 2.24) is 20.4 Å². The minimum atomic E-state index is -0.123. The Morgan fingerprint density at radius 3 is 2.86 bits per heavy atom. The molecule has 28 heavy (non-hydrogen) atoms. The molecular formula is C21H30N4O3. The van der Waals surface area contributed by atoms with Gasteiger partial charge in [-0.15, -0.1) is 0 Å². The maximum Gasteiger partial charge on any atom is 0.271 e. The summed E-state index contributed by atoms with van der Waals surface area (Å²) in [7, 11) is 3.26. The molecule has 0 saturated carbocycles. The predicted octanol–water partition coefficient (Wildman–Crippen LogP) is 2.43. The van der Waals surface area contributed by atoms with E-state index in [1.807, 2.05) is 29.1 Å². The number of nitrogens with zero attached hydrogens (tertiary/aromatic N) is 2. The first-order valence-corrected chi connectivity index (χ1v) is 9.85. The second kappa shape index (κ2) is 9.59. The highest BCUT2D eigenvalue weighted by atomic mass is 16.5. The zero-order chi connectivity index (χ0) is 19.9. The number of ether oxygens (including phenoxy) is 2. The molecule has 2 atom stereocenters. The second-order valence-electron chi connectivity index (χ2n) is 7.39. The van der Waals surface area contributed by atoms with Gasteiger partial charge in [0.25, 0.3) is 5.91 Å². The van der Waals surface area contributed by atoms with Gasteiger partial charge in [-0.1, -0.05) is 13.0 Å². The topological polar surface area (TPSA) is 77.4 Å². The third kappa shape index (κ3) is 5.04. The van der Waals surface area contributed by atoms with Gasteiger partial charge >= 0.3 is 0 Å². The standard InChI is InChI=1S/C21H30N4O3/c1-15(11-16-6-7-19(27-2)20(12-16)28-3)13-23-21(26)18-8-10-25(24-18)17-5-4-9-22-14-17/h6-8,10,12,15,17,22H,4-5,9,11,13-14H2,1-3H3,(H,23,26). The highest BCUT2D eigenvalue weighted by Gasteiger charge is 2.18. The Hall–Kier alpha value is -2.54. The Morgan fingerprint density at radius 2 is 2.14 bits per heavy atom. The zero-order valence-corrected chi connectivity index (χ0v) is 16.9. The van der Waals surface area contributed by atoms with Crippen LogP contribution in [0, 0.1) is 5.92 Å². The minimum Gasteiger partial charge on any atom is -0.493 e. The van der Waals surface area contributed by atoms with Crippen LogP contribution in [-0.2, 0) is 6.42 Å². The molecule has 1 amide bonds. The van der Waals surface area contributed by atoms with Crippen molar-refractivity contribution >= 4 is 5.91 Å². The summed E-state index contributed by atoms with van der Waals surface area (Å²) in [4.78, 5) is 12.4. The lowest BCUT2D eigenvalue weighted by atomic mass is 10.0. The van der Waals surface area contributed by atoms with Crippen LogP contribution in [0.1, 0.15) is 41.9 Å². The number of carbonyl (C=O) groups is 1. The van der Waals surface area contributed by atoms with Crippen LogP contribution in [0.3, 0.4) is 0 Å². The lowest BCUT2D eigenvalue weighted by Crippen LogP contribution is -2.32. The summed E-state index contributed by atoms with van der Waals surface area (Å²) < 4.78 is 12.5. The molecule has 2 heterocycles. The molecule has 152 valence electrons. The molecule has 1 aliphatic rings. The SMILES string of the molecule is COc1ccc(CC(C)CNC(=O)c2ccn(C3CCCNC3)n2)cc1OC. The van der Waals surface area contributed by atoms with E-state index in [1.165, 1.54) is 0 Å². The van der Waals surface area contributed by atoms with E-state index in [1.54, 1.807) is 20.3 Å². The molecule has 0 aliphatic carbocycles. The molecule has 0 radical (unpaired) electrons. The van der Waals surface area contributed by atoms with E-state index in [9.17, 15) is 4.79 Å². The minimum absolute atomic E-state index is 0.123. The Balaban J connectivity index is 1.51. The molecule has 7 nitrogen and oxygen atoms in total. The fourth-order valence-corrected chi connectivity index (χ4v) is 3.56. The second-order valence-corrected chi connectivity index (χ2v) is 7.39. The summed E-state index contributed by atoms with van der Waals surface area (Å²) >= 11 is 0. The van der Waals surface area contributed by atoms with Crippen molar-refractivity contribution in [3.05, 3.63) is 41.7 Å². The van der Waals surface area contributed by atoms with Crippen LogP contribution in [0.2, 0.25) is 0 Å². The fraction of sp³-hybridized carbons (Fsp3) is 0.524. The first-order chi connectivity index (χ1) is 13.6. The van der Waals surface area contributed by atoms with Gasteiger partial charge in [-0.05, 0) is 55.5 Å². The molecule has 0 bridgehead atoms. The largest absolute Gasteiger partial charge is 0.493 e. The van der Waals surface area contributed by atoms with Crippen molar-refractivity contribution in [2.24, 2.45) is 5.92 Å². The quantitative estimate of drug-likeness (QED) is 0.729. The summed E-state index contributed by atoms with van der Waals surface area (Å²) in [5, 5.41) is 10.8. The lowest BCUT2D eigenvalue weighted by molar-refractivity contribution is 0.0941. The van der Waals surface area contributed by atoms with Gasteiger partial charge in [0.15, 0.2) is 11.5 Å². The van der Waals surface area contributed by atoms with Crippen LogP contribution in [0.4, 0.5) is 0 Å². The molecule has 1 aromatic carbocycles. The summed E-state index contributed by atoms with van der Waals surface area (Å²) in [6, 6.07) is 8.05. The van der Waals surface area contributed by atoms with E-state index in [4.69, 9.17) is 9.47 Å². The first-order valence-electron chi connectivity index (χ1n) is 9.85. The van der Waals surface area contributed by atoms with Gasteiger partial charge in [0, 0.05) is 19.3 Å². The molecule has 1 fully saturated rings. The number of rotatable bonds is 8. The highest BCUT2D eigenvalue weighted by molar-refractivity contribution is 5.92. The maximum atomic E-state index is 12.4. The van der Waals surface area contributed by atoms with E-state index in [-0.39, 0.29) is 11.8 Å². The zero-order valence-electron chi connectivity index (χ0n) is 16.9. The molecular weight excluding hydrogens is 356 g/mol. The number of hydrogen-bond acceptors (Lipinski definition) is 5. The molecule has 2 N–H and O–H groups in total. The summed E-state index contributed by atoms with van der Waals surface area (Å²) in [5.74, 6) is 1.60. The average molecular weight is 386 g/mol. The molecule has 0 spiro atoms. The normalized spacial score (nSPS) is 17.8. The Kier molecular flexibility index (Phi) is 6.92. The smallest absolute Gasteiger partial charge is 0.271 e. The van der Waals surface area contributed by atoms with E-state index in [0.717, 1.165) is 49.4 Å². The van der Waals surface area contributed by atoms with Crippen LogP contribution in [0.5, 0.6) is 11.5 Å². The third-order valence-corrected chi connectivity index (χ3v) is 5.13. The van der Waals surface area contributed by atoms with Crippen molar-refractivity contribution in [2.45, 2.75) is 32.2 Å². The van der Waals surface area contributed by atoms with Crippen LogP contribution >= 0.6 is 0 Å². The number of nitrogens with one attached hydrogen (secondary N) is 2. The van der Waals surface area contributed by atoms with Gasteiger partial charge in [-0.2, -0.15) is 5.10 Å². The van der Waals surface area contributed by atoms with Gasteiger partial charge in [0.1, 0.15) is 5.69 Å². The molecule has 1 saturated heterocycles. The highest BCUT2D eigenvalue weighted by Crippen LogP contribution is 2.28. The Morgan fingerprint density at radius 1 is 1.32 bits per heavy atom. The van der Waals surface area contributed by atoms with Crippen molar-refractivity contribution in [2.75, 3.05) is 33.9 Å². The van der Waals surface area contributed by atoms with E-state index < -0.39 is 0 Å². The van der Waals surface area contributed by atoms with Gasteiger partial charge in [-0.25, -0.2) is 0 Å². The van der Waals surface area contributed by atoms with Crippen LogP contribution < -0.4 is 20.1 Å². The number of aromatic nitrogens is 2. The summed E-state index contributed by atoms with van der Waals surface area (Å²) in [6.07, 6.45) is 4.97. The number of piperidine rings is 1. The van der Waals surface area contributed by atoms with Crippen LogP contribution in [0.25, 0.3) is 0 Å². The monoisotopic (exact) mass is 386 g/mol. The van der Waals surface area contributed by atoms with E-state index >= 15 is 0 Å². The average Bonchev–Trinajstić information content (AvgIpc) is 3.23. The van der Waals surface area contributed by atoms with Gasteiger partial charge < -0.3 is 20.1 Å². The van der Waals surface area contributed by atoms with Crippen molar-refractivity contribution in [3.63, 3.8) is 0 Å². The van der Waals surface area contributed by atoms with Gasteiger partial charge in [0.05, 0.1) is 20.3 Å². The molecule has 2 unspecified atom stereocenters. The Labute approximate surface area is 166 Å². The number of amides is 1. The van der Waals surface area contributed by atoms with Crippen LogP contribution in [0.15, 0.2) is 30.5 Å². The Bertz CT molecular complexity index is 784. The van der Waals surface area contributed by atoms with Gasteiger partial charge in [-0.3, -0.25) is 9.48 Å². The van der Waals surface area contributed by atoms with Crippen LogP contribution in [-0.4, -0.2) is 49.5 Å². The third-order valence-electron chi connectivity index (χ3n) is 5.13. The predicted molar refractivity (Wildman–Crippen MR) is 108 cm³/mol. The van der Waals surface area contributed by atoms with Crippen molar-refractivity contribution in [3.8, 4) is 11.5 Å². The summed E-state index contributed by atoms with van der Waals surface area (Å²) in [6.45, 7) is 4.67. The molecule has 3 rings (SSSR count). The lowest BCUT2D eigenvalue weighted by Gasteiger charge is -2.22. The summed E-state index contributed by atoms with van der Waals surface area (Å²) in [5.41, 5.74) is 1.62. The fourth-order valence-electron chi connectivity index (χ4n) is 3.56. The molecule has 2 aromatic rings. The van der Waals surface area contributed by atoms with Crippen molar-refractivity contribution in [1.29, 1.82) is 0 Å². The molecule has 7 heteroatoms. The number of methoxy groups -OCH3 is 2. The van der Waals surface area contributed by atoms with E-state index in [2.05, 4.69) is 22.7 Å². The number of hydrogen-bond donors (Lipinski definition) is 2. The number of carbonyl (C=O) groups excluding carboxylic acids is 1.